The first-order valence-corrected chi connectivity index (χ1v) is 8.96. The second-order valence-electron chi connectivity index (χ2n) is 6.86. The number of aliphatic imine (C=N–C) groups is 1. The maximum absolute atomic E-state index is 9.19. The molecule has 5 heteroatoms. The number of nitrogens with two attached hydrogens (primary N) is 2. The first kappa shape index (κ1) is 19.0. The Bertz CT molecular complexity index is 1090. The number of rotatable bonds is 3. The van der Waals surface area contributed by atoms with Crippen LogP contribution < -0.4 is 16.8 Å². The number of benzene rings is 3. The number of anilines is 2. The lowest BCUT2D eigenvalue weighted by atomic mass is 9.94. The fraction of sp³-hybridized carbons (Fsp3) is 0.130. The van der Waals surface area contributed by atoms with E-state index in [-0.39, 0.29) is 5.96 Å². The number of guanidine groups is 1. The molecule has 0 saturated carbocycles. The zero-order valence-corrected chi connectivity index (χ0v) is 16.2. The predicted octanol–water partition coefficient (Wildman–Crippen LogP) is 4.79. The van der Waals surface area contributed by atoms with Crippen molar-refractivity contribution in [1.29, 1.82) is 5.26 Å². The van der Waals surface area contributed by atoms with Gasteiger partial charge in [-0.05, 0) is 79.4 Å². The molecule has 0 radical (unpaired) electrons. The molecule has 0 aliphatic carbocycles. The highest BCUT2D eigenvalue weighted by atomic mass is 15.1. The van der Waals surface area contributed by atoms with Crippen LogP contribution in [0.1, 0.15) is 22.3 Å². The van der Waals surface area contributed by atoms with Crippen LogP contribution in [0.3, 0.4) is 0 Å². The largest absolute Gasteiger partial charge is 0.397 e. The Hall–Kier alpha value is -3.78. The molecule has 0 saturated heterocycles. The van der Waals surface area contributed by atoms with E-state index >= 15 is 0 Å². The Labute approximate surface area is 165 Å². The molecular formula is C23H23N5. The SMILES string of the molecule is Cc1ccc(NC(N)=Nc2cc(C)c(-c3cc(C#N)ccc3C)cc2N)cc1. The van der Waals surface area contributed by atoms with E-state index in [1.165, 1.54) is 5.56 Å². The van der Waals surface area contributed by atoms with E-state index in [0.717, 1.165) is 27.9 Å². The highest BCUT2D eigenvalue weighted by molar-refractivity contribution is 5.95. The topological polar surface area (TPSA) is 100 Å². The van der Waals surface area contributed by atoms with E-state index in [1.54, 1.807) is 0 Å². The number of hydrogen-bond donors (Lipinski definition) is 3. The van der Waals surface area contributed by atoms with Gasteiger partial charge >= 0.3 is 0 Å². The highest BCUT2D eigenvalue weighted by Gasteiger charge is 2.10. The van der Waals surface area contributed by atoms with E-state index < -0.39 is 0 Å². The van der Waals surface area contributed by atoms with Crippen molar-refractivity contribution in [2.75, 3.05) is 11.1 Å². The Kier molecular flexibility index (Phi) is 5.32. The quantitative estimate of drug-likeness (QED) is 0.351. The summed E-state index contributed by atoms with van der Waals surface area (Å²) in [5.41, 5.74) is 20.2. The minimum atomic E-state index is 0.269. The summed E-state index contributed by atoms with van der Waals surface area (Å²) in [7, 11) is 0. The maximum atomic E-state index is 9.19. The molecule has 0 heterocycles. The van der Waals surface area contributed by atoms with Crippen LogP contribution in [0, 0.1) is 32.1 Å². The molecule has 0 bridgehead atoms. The van der Waals surface area contributed by atoms with E-state index in [2.05, 4.69) is 16.4 Å². The lowest BCUT2D eigenvalue weighted by Gasteiger charge is -2.13. The van der Waals surface area contributed by atoms with Crippen LogP contribution in [-0.4, -0.2) is 5.96 Å². The van der Waals surface area contributed by atoms with E-state index in [1.807, 2.05) is 75.4 Å². The standard InChI is InChI=1S/C23H23N5/c1-14-4-8-18(9-5-14)27-23(26)28-22-10-16(3)20(12-21(22)25)19-11-17(13-24)7-6-15(19)2/h4-12H,25H2,1-3H3,(H3,26,27,28). The average molecular weight is 369 g/mol. The van der Waals surface area contributed by atoms with Gasteiger partial charge in [0, 0.05) is 5.69 Å². The highest BCUT2D eigenvalue weighted by Crippen LogP contribution is 2.34. The van der Waals surface area contributed by atoms with Gasteiger partial charge in [0.25, 0.3) is 0 Å². The van der Waals surface area contributed by atoms with Crippen LogP contribution in [0.25, 0.3) is 11.1 Å². The third-order valence-electron chi connectivity index (χ3n) is 4.60. The van der Waals surface area contributed by atoms with Gasteiger partial charge in [-0.15, -0.1) is 0 Å². The molecule has 0 aliphatic rings. The van der Waals surface area contributed by atoms with Crippen molar-refractivity contribution in [3.8, 4) is 17.2 Å². The molecule has 0 aliphatic heterocycles. The summed E-state index contributed by atoms with van der Waals surface area (Å²) in [6, 6.07) is 19.5. The second kappa shape index (κ2) is 7.85. The molecule has 140 valence electrons. The number of hydrogen-bond acceptors (Lipinski definition) is 3. The minimum Gasteiger partial charge on any atom is -0.397 e. The fourth-order valence-electron chi connectivity index (χ4n) is 3.02. The molecule has 0 atom stereocenters. The number of nitrogen functional groups attached to an aromatic ring is 1. The molecular weight excluding hydrogens is 346 g/mol. The smallest absolute Gasteiger partial charge is 0.198 e. The minimum absolute atomic E-state index is 0.269. The molecule has 3 aromatic carbocycles. The van der Waals surface area contributed by atoms with Crippen molar-refractivity contribution in [2.24, 2.45) is 10.7 Å². The molecule has 28 heavy (non-hydrogen) atoms. The first-order valence-electron chi connectivity index (χ1n) is 8.96. The predicted molar refractivity (Wildman–Crippen MR) is 117 cm³/mol. The summed E-state index contributed by atoms with van der Waals surface area (Å²) in [5, 5.41) is 12.3. The van der Waals surface area contributed by atoms with Gasteiger partial charge in [0.2, 0.25) is 0 Å². The summed E-state index contributed by atoms with van der Waals surface area (Å²) in [6.45, 7) is 6.04. The van der Waals surface area contributed by atoms with E-state index in [9.17, 15) is 5.26 Å². The summed E-state index contributed by atoms with van der Waals surface area (Å²) in [4.78, 5) is 4.43. The lowest BCUT2D eigenvalue weighted by molar-refractivity contribution is 1.37. The molecule has 5 N–H and O–H groups in total. The van der Waals surface area contributed by atoms with Crippen molar-refractivity contribution >= 4 is 23.0 Å². The molecule has 5 nitrogen and oxygen atoms in total. The average Bonchev–Trinajstić information content (AvgIpc) is 2.67. The van der Waals surface area contributed by atoms with E-state index in [0.29, 0.717) is 16.9 Å². The summed E-state index contributed by atoms with van der Waals surface area (Å²) < 4.78 is 0. The van der Waals surface area contributed by atoms with Crippen molar-refractivity contribution in [3.05, 3.63) is 76.9 Å². The van der Waals surface area contributed by atoms with Crippen molar-refractivity contribution in [1.82, 2.24) is 0 Å². The zero-order valence-electron chi connectivity index (χ0n) is 16.2. The number of aryl methyl sites for hydroxylation is 3. The Morgan fingerprint density at radius 2 is 1.61 bits per heavy atom. The molecule has 0 fully saturated rings. The van der Waals surface area contributed by atoms with Crippen LogP contribution in [0.15, 0.2) is 59.6 Å². The van der Waals surface area contributed by atoms with Gasteiger partial charge in [0.1, 0.15) is 0 Å². The molecule has 0 amide bonds. The van der Waals surface area contributed by atoms with Crippen LogP contribution in [-0.2, 0) is 0 Å². The Balaban J connectivity index is 1.94. The monoisotopic (exact) mass is 369 g/mol. The van der Waals surface area contributed by atoms with Crippen LogP contribution >= 0.6 is 0 Å². The molecule has 0 spiro atoms. The second-order valence-corrected chi connectivity index (χ2v) is 6.86. The van der Waals surface area contributed by atoms with Gasteiger partial charge in [0.05, 0.1) is 23.0 Å². The molecule has 3 rings (SSSR count). The first-order chi connectivity index (χ1) is 13.4. The lowest BCUT2D eigenvalue weighted by Crippen LogP contribution is -2.22. The zero-order chi connectivity index (χ0) is 20.3. The molecule has 0 aromatic heterocycles. The van der Waals surface area contributed by atoms with Crippen LogP contribution in [0.2, 0.25) is 0 Å². The van der Waals surface area contributed by atoms with Crippen LogP contribution in [0.4, 0.5) is 17.1 Å². The number of nitriles is 1. The van der Waals surface area contributed by atoms with Gasteiger partial charge in [-0.25, -0.2) is 4.99 Å². The summed E-state index contributed by atoms with van der Waals surface area (Å²) in [6.07, 6.45) is 0. The normalized spacial score (nSPS) is 11.1. The van der Waals surface area contributed by atoms with Crippen LogP contribution in [0.5, 0.6) is 0 Å². The molecule has 3 aromatic rings. The van der Waals surface area contributed by atoms with Crippen molar-refractivity contribution in [2.45, 2.75) is 20.8 Å². The van der Waals surface area contributed by atoms with Gasteiger partial charge in [-0.1, -0.05) is 23.8 Å². The van der Waals surface area contributed by atoms with Crippen molar-refractivity contribution < 1.29 is 0 Å². The number of nitrogens with zero attached hydrogens (tertiary/aromatic N) is 2. The summed E-state index contributed by atoms with van der Waals surface area (Å²) >= 11 is 0. The maximum Gasteiger partial charge on any atom is 0.198 e. The Morgan fingerprint density at radius 3 is 2.29 bits per heavy atom. The van der Waals surface area contributed by atoms with Crippen molar-refractivity contribution in [3.63, 3.8) is 0 Å². The van der Waals surface area contributed by atoms with Gasteiger partial charge in [-0.2, -0.15) is 5.26 Å². The molecule has 0 unspecified atom stereocenters. The van der Waals surface area contributed by atoms with E-state index in [4.69, 9.17) is 11.5 Å². The Morgan fingerprint density at radius 1 is 0.929 bits per heavy atom. The fourth-order valence-corrected chi connectivity index (χ4v) is 3.02. The number of nitrogens with one attached hydrogen (secondary N) is 1. The summed E-state index contributed by atoms with van der Waals surface area (Å²) in [5.74, 6) is 0.269. The van der Waals surface area contributed by atoms with Gasteiger partial charge in [0.15, 0.2) is 5.96 Å². The van der Waals surface area contributed by atoms with Gasteiger partial charge < -0.3 is 16.8 Å². The van der Waals surface area contributed by atoms with Gasteiger partial charge in [-0.3, -0.25) is 0 Å². The third-order valence-corrected chi connectivity index (χ3v) is 4.60. The third kappa shape index (κ3) is 4.13.